The minimum atomic E-state index is -0.432. The summed E-state index contributed by atoms with van der Waals surface area (Å²) in [6.45, 7) is 4.11. The van der Waals surface area contributed by atoms with Crippen molar-refractivity contribution in [1.82, 2.24) is 4.90 Å². The molecule has 2 aromatic carbocycles. The molecule has 0 aliphatic carbocycles. The van der Waals surface area contributed by atoms with Gasteiger partial charge < -0.3 is 9.47 Å². The van der Waals surface area contributed by atoms with Crippen LogP contribution < -0.4 is 4.74 Å². The highest BCUT2D eigenvalue weighted by molar-refractivity contribution is 8.18. The van der Waals surface area contributed by atoms with E-state index in [9.17, 15) is 14.4 Å². The van der Waals surface area contributed by atoms with Crippen LogP contribution in [0.25, 0.3) is 6.08 Å². The molecule has 6 nitrogen and oxygen atoms in total. The minimum Gasteiger partial charge on any atom is -0.482 e. The maximum Gasteiger partial charge on any atom is 0.344 e. The Morgan fingerprint density at radius 2 is 1.76 bits per heavy atom. The zero-order chi connectivity index (χ0) is 20.8. The standard InChI is InChI=1S/C22H21NO5S/c1-3-27-20(24)14-28-18-10-8-16(9-11-18)12-19-21(25)23(22(26)29-19)13-17-6-4-15(2)5-7-17/h4-12H,3,13-14H2,1-2H3/b19-12-. The van der Waals surface area contributed by atoms with Gasteiger partial charge in [0.05, 0.1) is 18.1 Å². The van der Waals surface area contributed by atoms with Crippen LogP contribution in [0.1, 0.15) is 23.6 Å². The molecule has 0 spiro atoms. The predicted octanol–water partition coefficient (Wildman–Crippen LogP) is 4.17. The van der Waals surface area contributed by atoms with Crippen molar-refractivity contribution in [2.24, 2.45) is 0 Å². The van der Waals surface area contributed by atoms with E-state index >= 15 is 0 Å². The van der Waals surface area contributed by atoms with E-state index in [1.54, 1.807) is 37.3 Å². The van der Waals surface area contributed by atoms with E-state index in [0.717, 1.165) is 28.5 Å². The summed E-state index contributed by atoms with van der Waals surface area (Å²) in [7, 11) is 0. The minimum absolute atomic E-state index is 0.162. The van der Waals surface area contributed by atoms with Gasteiger partial charge in [-0.15, -0.1) is 0 Å². The normalized spacial score (nSPS) is 15.1. The summed E-state index contributed by atoms with van der Waals surface area (Å²) in [5.74, 6) is -0.218. The first-order valence-electron chi connectivity index (χ1n) is 9.15. The van der Waals surface area contributed by atoms with Crippen LogP contribution in [-0.4, -0.2) is 35.2 Å². The van der Waals surface area contributed by atoms with Crippen LogP contribution in [0.15, 0.2) is 53.4 Å². The summed E-state index contributed by atoms with van der Waals surface area (Å²) in [4.78, 5) is 37.9. The van der Waals surface area contributed by atoms with Crippen molar-refractivity contribution in [2.45, 2.75) is 20.4 Å². The average molecular weight is 411 g/mol. The lowest BCUT2D eigenvalue weighted by molar-refractivity contribution is -0.145. The van der Waals surface area contributed by atoms with E-state index in [2.05, 4.69) is 0 Å². The van der Waals surface area contributed by atoms with Crippen LogP contribution in [0.4, 0.5) is 4.79 Å². The Bertz CT molecular complexity index is 935. The van der Waals surface area contributed by atoms with Crippen molar-refractivity contribution in [2.75, 3.05) is 13.2 Å². The lowest BCUT2D eigenvalue weighted by atomic mass is 10.1. The molecule has 0 aromatic heterocycles. The predicted molar refractivity (Wildman–Crippen MR) is 111 cm³/mol. The fourth-order valence-corrected chi connectivity index (χ4v) is 3.51. The Hall–Kier alpha value is -3.06. The third-order valence-electron chi connectivity index (χ3n) is 4.17. The molecule has 0 N–H and O–H groups in total. The molecule has 1 aliphatic rings. The molecule has 1 saturated heterocycles. The second kappa shape index (κ2) is 9.43. The molecule has 1 heterocycles. The lowest BCUT2D eigenvalue weighted by Gasteiger charge is -2.12. The van der Waals surface area contributed by atoms with Gasteiger partial charge in [0.1, 0.15) is 5.75 Å². The number of amides is 2. The van der Waals surface area contributed by atoms with E-state index in [1.807, 2.05) is 31.2 Å². The maximum atomic E-state index is 12.6. The Kier molecular flexibility index (Phi) is 6.72. The maximum absolute atomic E-state index is 12.6. The average Bonchev–Trinajstić information content (AvgIpc) is 2.97. The number of aryl methyl sites for hydroxylation is 1. The number of ether oxygens (including phenoxy) is 2. The molecule has 1 fully saturated rings. The number of carbonyl (C=O) groups excluding carboxylic acids is 3. The Morgan fingerprint density at radius 1 is 1.07 bits per heavy atom. The number of thioether (sulfide) groups is 1. The number of hydrogen-bond donors (Lipinski definition) is 0. The van der Waals surface area contributed by atoms with E-state index in [1.165, 1.54) is 4.90 Å². The van der Waals surface area contributed by atoms with Gasteiger partial charge in [-0.2, -0.15) is 0 Å². The molecule has 2 aromatic rings. The molecule has 0 radical (unpaired) electrons. The van der Waals surface area contributed by atoms with E-state index < -0.39 is 5.97 Å². The highest BCUT2D eigenvalue weighted by atomic mass is 32.2. The summed E-state index contributed by atoms with van der Waals surface area (Å²) in [5, 5.41) is -0.281. The van der Waals surface area contributed by atoms with Crippen molar-refractivity contribution >= 4 is 35.0 Å². The van der Waals surface area contributed by atoms with Crippen molar-refractivity contribution in [3.63, 3.8) is 0 Å². The monoisotopic (exact) mass is 411 g/mol. The number of benzene rings is 2. The van der Waals surface area contributed by atoms with Gasteiger partial charge >= 0.3 is 5.97 Å². The Morgan fingerprint density at radius 3 is 2.41 bits per heavy atom. The molecular weight excluding hydrogens is 390 g/mol. The lowest BCUT2D eigenvalue weighted by Crippen LogP contribution is -2.27. The number of hydrogen-bond acceptors (Lipinski definition) is 6. The molecule has 0 saturated carbocycles. The first-order chi connectivity index (χ1) is 14.0. The first kappa shape index (κ1) is 20.7. The molecule has 7 heteroatoms. The summed E-state index contributed by atoms with van der Waals surface area (Å²) < 4.78 is 10.2. The first-order valence-corrected chi connectivity index (χ1v) is 9.97. The molecule has 3 rings (SSSR count). The zero-order valence-corrected chi connectivity index (χ0v) is 17.0. The quantitative estimate of drug-likeness (QED) is 0.503. The third-order valence-corrected chi connectivity index (χ3v) is 5.08. The number of imide groups is 1. The van der Waals surface area contributed by atoms with Crippen molar-refractivity contribution < 1.29 is 23.9 Å². The summed E-state index contributed by atoms with van der Waals surface area (Å²) in [6.07, 6.45) is 1.68. The number of nitrogens with zero attached hydrogens (tertiary/aromatic N) is 1. The van der Waals surface area contributed by atoms with Gasteiger partial charge in [-0.05, 0) is 54.9 Å². The van der Waals surface area contributed by atoms with Gasteiger partial charge in [0.25, 0.3) is 11.1 Å². The van der Waals surface area contributed by atoms with Crippen LogP contribution in [0.3, 0.4) is 0 Å². The SMILES string of the molecule is CCOC(=O)COc1ccc(/C=C2\SC(=O)N(Cc3ccc(C)cc3)C2=O)cc1. The van der Waals surface area contributed by atoms with Crippen LogP contribution >= 0.6 is 11.8 Å². The fourth-order valence-electron chi connectivity index (χ4n) is 2.67. The number of esters is 1. The molecule has 150 valence electrons. The molecule has 1 aliphatic heterocycles. The topological polar surface area (TPSA) is 72.9 Å². The third kappa shape index (κ3) is 5.48. The van der Waals surface area contributed by atoms with Gasteiger partial charge in [-0.3, -0.25) is 14.5 Å². The number of rotatable bonds is 7. The van der Waals surface area contributed by atoms with Crippen LogP contribution in [0, 0.1) is 6.92 Å². The van der Waals surface area contributed by atoms with Crippen LogP contribution in [-0.2, 0) is 20.9 Å². The molecule has 0 unspecified atom stereocenters. The largest absolute Gasteiger partial charge is 0.482 e. The van der Waals surface area contributed by atoms with Gasteiger partial charge in [0.2, 0.25) is 0 Å². The second-order valence-electron chi connectivity index (χ2n) is 6.42. The molecule has 0 bridgehead atoms. The Balaban J connectivity index is 1.64. The van der Waals surface area contributed by atoms with Gasteiger partial charge in [0, 0.05) is 0 Å². The van der Waals surface area contributed by atoms with Crippen molar-refractivity contribution in [1.29, 1.82) is 0 Å². The van der Waals surface area contributed by atoms with Gasteiger partial charge in [-0.25, -0.2) is 4.79 Å². The van der Waals surface area contributed by atoms with Crippen molar-refractivity contribution in [3.05, 3.63) is 70.1 Å². The highest BCUT2D eigenvalue weighted by Gasteiger charge is 2.34. The molecular formula is C22H21NO5S. The van der Waals surface area contributed by atoms with Crippen molar-refractivity contribution in [3.8, 4) is 5.75 Å². The fraction of sp³-hybridized carbons (Fsp3) is 0.227. The van der Waals surface area contributed by atoms with E-state index in [0.29, 0.717) is 17.3 Å². The van der Waals surface area contributed by atoms with E-state index in [4.69, 9.17) is 9.47 Å². The zero-order valence-electron chi connectivity index (χ0n) is 16.2. The highest BCUT2D eigenvalue weighted by Crippen LogP contribution is 2.33. The van der Waals surface area contributed by atoms with Crippen LogP contribution in [0.5, 0.6) is 5.75 Å². The summed E-state index contributed by atoms with van der Waals surface area (Å²) in [6, 6.07) is 14.6. The molecule has 2 amide bonds. The second-order valence-corrected chi connectivity index (χ2v) is 7.41. The summed E-state index contributed by atoms with van der Waals surface area (Å²) in [5.41, 5.74) is 2.79. The molecule has 29 heavy (non-hydrogen) atoms. The number of carbonyl (C=O) groups is 3. The van der Waals surface area contributed by atoms with Crippen LogP contribution in [0.2, 0.25) is 0 Å². The van der Waals surface area contributed by atoms with E-state index in [-0.39, 0.29) is 24.3 Å². The summed E-state index contributed by atoms with van der Waals surface area (Å²) >= 11 is 0.929. The van der Waals surface area contributed by atoms with Gasteiger partial charge in [-0.1, -0.05) is 42.0 Å². The Labute approximate surface area is 173 Å². The van der Waals surface area contributed by atoms with Gasteiger partial charge in [0.15, 0.2) is 6.61 Å². The smallest absolute Gasteiger partial charge is 0.344 e. The molecule has 0 atom stereocenters.